The van der Waals surface area contributed by atoms with E-state index in [0.717, 1.165) is 11.1 Å². The second-order valence-corrected chi connectivity index (χ2v) is 5.52. The molecule has 0 nitrogen and oxygen atoms in total. The minimum absolute atomic E-state index is 0.154. The molecule has 2 heteroatoms. The van der Waals surface area contributed by atoms with E-state index >= 15 is 0 Å². The Bertz CT molecular complexity index is 642. The zero-order valence-corrected chi connectivity index (χ0v) is 13.5. The van der Waals surface area contributed by atoms with Gasteiger partial charge in [0.15, 0.2) is 0 Å². The molecule has 0 unspecified atom stereocenters. The first-order chi connectivity index (χ1) is 9.02. The smallest absolute Gasteiger partial charge is 0.126 e. The monoisotopic (exact) mass is 366 g/mol. The first-order valence-electron chi connectivity index (χ1n) is 6.17. The predicted molar refractivity (Wildman–Crippen MR) is 89.1 cm³/mol. The zero-order valence-electron chi connectivity index (χ0n) is 11.3. The van der Waals surface area contributed by atoms with Gasteiger partial charge in [0.2, 0.25) is 0 Å². The largest absolute Gasteiger partial charge is 0.207 e. The van der Waals surface area contributed by atoms with Crippen LogP contribution in [0.3, 0.4) is 0 Å². The van der Waals surface area contributed by atoms with Crippen molar-refractivity contribution in [2.75, 3.05) is 0 Å². The van der Waals surface area contributed by atoms with E-state index in [1.807, 2.05) is 16.2 Å². The Labute approximate surface area is 127 Å². The van der Waals surface area contributed by atoms with Crippen molar-refractivity contribution in [3.8, 4) is 11.1 Å². The molecule has 0 saturated heterocycles. The highest BCUT2D eigenvalue weighted by Crippen LogP contribution is 2.30. The molecule has 2 aromatic carbocycles. The van der Waals surface area contributed by atoms with E-state index in [2.05, 4.69) is 54.6 Å². The lowest BCUT2D eigenvalue weighted by Crippen LogP contribution is -1.91. The fourth-order valence-electron chi connectivity index (χ4n) is 2.31. The Morgan fingerprint density at radius 3 is 2.37 bits per heavy atom. The van der Waals surface area contributed by atoms with Crippen LogP contribution in [-0.2, 0) is 0 Å². The zero-order chi connectivity index (χ0) is 14.0. The summed E-state index contributed by atoms with van der Waals surface area (Å²) >= 11 is 2.22. The summed E-state index contributed by atoms with van der Waals surface area (Å²) in [5.41, 5.74) is 6.57. The van der Waals surface area contributed by atoms with Gasteiger partial charge in [-0.3, -0.25) is 0 Å². The summed E-state index contributed by atoms with van der Waals surface area (Å²) in [5, 5.41) is 0. The van der Waals surface area contributed by atoms with Crippen LogP contribution < -0.4 is 0 Å². The summed E-state index contributed by atoms with van der Waals surface area (Å²) in [6.45, 7) is 6.00. The number of aryl methyl sites for hydroxylation is 3. The molecule has 0 N–H and O–H groups in total. The van der Waals surface area contributed by atoms with Crippen LogP contribution in [-0.4, -0.2) is 0 Å². The highest BCUT2D eigenvalue weighted by Gasteiger charge is 2.08. The SMILES string of the molecule is Cc1cc(C)c(/C=C/I)c(-c2ccc(F)c(C)c2)c1. The van der Waals surface area contributed by atoms with Gasteiger partial charge in [0.1, 0.15) is 5.82 Å². The number of hydrogen-bond acceptors (Lipinski definition) is 0. The molecule has 0 aliphatic heterocycles. The maximum Gasteiger partial charge on any atom is 0.126 e. The second-order valence-electron chi connectivity index (χ2n) is 4.80. The summed E-state index contributed by atoms with van der Waals surface area (Å²) in [6, 6.07) is 9.63. The molecule has 19 heavy (non-hydrogen) atoms. The van der Waals surface area contributed by atoms with E-state index in [1.165, 1.54) is 16.7 Å². The van der Waals surface area contributed by atoms with Crippen molar-refractivity contribution in [3.05, 3.63) is 62.5 Å². The average molecular weight is 366 g/mol. The van der Waals surface area contributed by atoms with Crippen molar-refractivity contribution in [2.45, 2.75) is 20.8 Å². The standard InChI is InChI=1S/C17H16FI/c1-11-8-12(2)15(6-7-19)16(9-11)14-4-5-17(18)13(3)10-14/h4-10H,1-3H3/b7-6+. The minimum Gasteiger partial charge on any atom is -0.207 e. The van der Waals surface area contributed by atoms with E-state index in [1.54, 1.807) is 13.0 Å². The topological polar surface area (TPSA) is 0 Å². The van der Waals surface area contributed by atoms with Crippen LogP contribution in [0.1, 0.15) is 22.3 Å². The molecule has 0 aliphatic carbocycles. The molecule has 2 rings (SSSR count). The Morgan fingerprint density at radius 2 is 1.74 bits per heavy atom. The van der Waals surface area contributed by atoms with Gasteiger partial charge >= 0.3 is 0 Å². The predicted octanol–water partition coefficient (Wildman–Crippen LogP) is 5.82. The third kappa shape index (κ3) is 3.06. The van der Waals surface area contributed by atoms with Gasteiger partial charge in [-0.25, -0.2) is 4.39 Å². The maximum absolute atomic E-state index is 13.4. The van der Waals surface area contributed by atoms with Gasteiger partial charge in [0.25, 0.3) is 0 Å². The van der Waals surface area contributed by atoms with Crippen LogP contribution in [0, 0.1) is 26.6 Å². The number of benzene rings is 2. The molecule has 0 spiro atoms. The second kappa shape index (κ2) is 5.87. The first-order valence-corrected chi connectivity index (χ1v) is 7.42. The van der Waals surface area contributed by atoms with Crippen molar-refractivity contribution >= 4 is 28.7 Å². The van der Waals surface area contributed by atoms with Gasteiger partial charge in [-0.05, 0) is 70.9 Å². The molecule has 0 amide bonds. The van der Waals surface area contributed by atoms with Crippen LogP contribution in [0.15, 0.2) is 34.4 Å². The fourth-order valence-corrected chi connectivity index (χ4v) is 2.67. The lowest BCUT2D eigenvalue weighted by molar-refractivity contribution is 0.619. The highest BCUT2D eigenvalue weighted by molar-refractivity contribution is 14.1. The fraction of sp³-hybridized carbons (Fsp3) is 0.176. The molecule has 0 aromatic heterocycles. The van der Waals surface area contributed by atoms with Gasteiger partial charge in [-0.2, -0.15) is 0 Å². The molecule has 0 atom stereocenters. The Hall–Kier alpha value is -1.16. The van der Waals surface area contributed by atoms with Crippen LogP contribution >= 0.6 is 22.6 Å². The van der Waals surface area contributed by atoms with Crippen LogP contribution in [0.4, 0.5) is 4.39 Å². The van der Waals surface area contributed by atoms with Gasteiger partial charge in [0, 0.05) is 0 Å². The van der Waals surface area contributed by atoms with Crippen LogP contribution in [0.2, 0.25) is 0 Å². The summed E-state index contributed by atoms with van der Waals surface area (Å²) in [4.78, 5) is 0. The van der Waals surface area contributed by atoms with Crippen molar-refractivity contribution in [1.29, 1.82) is 0 Å². The van der Waals surface area contributed by atoms with Gasteiger partial charge in [0.05, 0.1) is 0 Å². The van der Waals surface area contributed by atoms with Crippen molar-refractivity contribution in [3.63, 3.8) is 0 Å². The molecule has 0 aliphatic rings. The Morgan fingerprint density at radius 1 is 1.00 bits per heavy atom. The van der Waals surface area contributed by atoms with Crippen molar-refractivity contribution in [2.24, 2.45) is 0 Å². The Kier molecular flexibility index (Phi) is 4.40. The van der Waals surface area contributed by atoms with E-state index in [4.69, 9.17) is 0 Å². The van der Waals surface area contributed by atoms with E-state index in [-0.39, 0.29) is 5.82 Å². The number of hydrogen-bond donors (Lipinski definition) is 0. The average Bonchev–Trinajstić information content (AvgIpc) is 2.36. The summed E-state index contributed by atoms with van der Waals surface area (Å²) in [6.07, 6.45) is 2.10. The summed E-state index contributed by atoms with van der Waals surface area (Å²) in [7, 11) is 0. The van der Waals surface area contributed by atoms with Crippen molar-refractivity contribution in [1.82, 2.24) is 0 Å². The molecule has 0 fully saturated rings. The third-order valence-electron chi connectivity index (χ3n) is 3.23. The van der Waals surface area contributed by atoms with Crippen molar-refractivity contribution < 1.29 is 4.39 Å². The maximum atomic E-state index is 13.4. The third-order valence-corrected chi connectivity index (χ3v) is 3.59. The quantitative estimate of drug-likeness (QED) is 0.587. The first kappa shape index (κ1) is 14.3. The highest BCUT2D eigenvalue weighted by atomic mass is 127. The molecule has 0 saturated carbocycles. The molecule has 0 radical (unpaired) electrons. The summed E-state index contributed by atoms with van der Waals surface area (Å²) in [5.74, 6) is -0.154. The van der Waals surface area contributed by atoms with E-state index < -0.39 is 0 Å². The lowest BCUT2D eigenvalue weighted by Gasteiger charge is -2.12. The normalized spacial score (nSPS) is 11.2. The molecular weight excluding hydrogens is 350 g/mol. The molecule has 2 aromatic rings. The van der Waals surface area contributed by atoms with Crippen LogP contribution in [0.5, 0.6) is 0 Å². The van der Waals surface area contributed by atoms with Gasteiger partial charge < -0.3 is 0 Å². The molecular formula is C17H16FI. The Balaban J connectivity index is 2.69. The molecule has 0 bridgehead atoms. The van der Waals surface area contributed by atoms with Gasteiger partial charge in [-0.1, -0.05) is 46.4 Å². The number of rotatable bonds is 2. The number of halogens is 2. The van der Waals surface area contributed by atoms with E-state index in [0.29, 0.717) is 5.56 Å². The lowest BCUT2D eigenvalue weighted by atomic mass is 9.93. The summed E-state index contributed by atoms with van der Waals surface area (Å²) < 4.78 is 15.4. The van der Waals surface area contributed by atoms with E-state index in [9.17, 15) is 4.39 Å². The van der Waals surface area contributed by atoms with Crippen LogP contribution in [0.25, 0.3) is 17.2 Å². The molecule has 98 valence electrons. The van der Waals surface area contributed by atoms with Gasteiger partial charge in [-0.15, -0.1) is 0 Å². The minimum atomic E-state index is -0.154. The molecule has 0 heterocycles.